The highest BCUT2D eigenvalue weighted by Gasteiger charge is 2.38. The van der Waals surface area contributed by atoms with Gasteiger partial charge in [-0.05, 0) is 24.5 Å². The number of amides is 2. The predicted molar refractivity (Wildman–Crippen MR) is 127 cm³/mol. The van der Waals surface area contributed by atoms with E-state index in [0.717, 1.165) is 32.1 Å². The second-order valence-electron chi connectivity index (χ2n) is 7.52. The number of carbonyl (C=O) groups excluding carboxylic acids is 1. The van der Waals surface area contributed by atoms with E-state index < -0.39 is 36.3 Å². The Morgan fingerprint density at radius 3 is 1.82 bits per heavy atom. The van der Waals surface area contributed by atoms with Gasteiger partial charge in [-0.3, -0.25) is 14.8 Å². The maximum Gasteiger partial charge on any atom is 0.490 e. The summed E-state index contributed by atoms with van der Waals surface area (Å²) in [5.74, 6) is -6.38. The number of pyridine rings is 1. The lowest BCUT2D eigenvalue weighted by molar-refractivity contribution is -0.193. The Morgan fingerprint density at radius 2 is 1.40 bits per heavy atom. The minimum atomic E-state index is -5.08. The quantitative estimate of drug-likeness (QED) is 0.0810. The maximum atomic E-state index is 12.0. The normalized spacial score (nSPS) is 11.3. The zero-order valence-corrected chi connectivity index (χ0v) is 20.8. The fourth-order valence-corrected chi connectivity index (χ4v) is 2.40. The van der Waals surface area contributed by atoms with E-state index in [-0.39, 0.29) is 18.4 Å². The van der Waals surface area contributed by atoms with E-state index in [1.807, 2.05) is 0 Å². The van der Waals surface area contributed by atoms with Crippen molar-refractivity contribution < 1.29 is 60.8 Å². The molecule has 0 spiro atoms. The van der Waals surface area contributed by atoms with Crippen molar-refractivity contribution in [2.75, 3.05) is 13.1 Å². The van der Waals surface area contributed by atoms with Gasteiger partial charge in [0.15, 0.2) is 5.96 Å². The van der Waals surface area contributed by atoms with Gasteiger partial charge in [0.25, 0.3) is 0 Å². The van der Waals surface area contributed by atoms with E-state index in [1.165, 1.54) is 0 Å². The molecule has 1 unspecified atom stereocenters. The van der Waals surface area contributed by atoms with Crippen LogP contribution in [-0.4, -0.2) is 75.6 Å². The molecule has 1 atom stereocenters. The van der Waals surface area contributed by atoms with Crippen molar-refractivity contribution in [3.63, 3.8) is 0 Å². The Labute approximate surface area is 223 Å². The van der Waals surface area contributed by atoms with Crippen LogP contribution in [0.1, 0.15) is 50.1 Å². The van der Waals surface area contributed by atoms with Crippen LogP contribution in [0.4, 0.5) is 31.1 Å². The van der Waals surface area contributed by atoms with Gasteiger partial charge in [0, 0.05) is 25.5 Å². The highest BCUT2D eigenvalue weighted by atomic mass is 19.4. The van der Waals surface area contributed by atoms with Crippen LogP contribution >= 0.6 is 0 Å². The third-order valence-corrected chi connectivity index (χ3v) is 4.17. The fraction of sp³-hybridized carbons (Fsp3) is 0.524. The lowest BCUT2D eigenvalue weighted by Crippen LogP contribution is -2.39. The van der Waals surface area contributed by atoms with E-state index in [9.17, 15) is 35.9 Å². The zero-order valence-electron chi connectivity index (χ0n) is 20.8. The van der Waals surface area contributed by atoms with Crippen molar-refractivity contribution in [3.8, 4) is 0 Å². The fourth-order valence-electron chi connectivity index (χ4n) is 2.40. The minimum Gasteiger partial charge on any atom is -0.481 e. The molecule has 0 aliphatic carbocycles. The topological polar surface area (TPSA) is 230 Å². The maximum absolute atomic E-state index is 12.0. The Balaban J connectivity index is 0. The standard InChI is InChI=1S/C17H28N6O3.2C2HF3O2/c18-16(19)21-9-4-2-1-3-5-10-22-17(26)23-14(11-15(24)25)13-7-6-8-20-12-13;2*3-2(4,5)1(6)7/h6-8,12,14H,1-5,9-11H2,(H,24,25)(H4,18,19,21)(H2,22,23,26);2*(H,6,7). The van der Waals surface area contributed by atoms with Gasteiger partial charge in [-0.2, -0.15) is 26.3 Å². The van der Waals surface area contributed by atoms with E-state index in [0.29, 0.717) is 18.7 Å². The third-order valence-electron chi connectivity index (χ3n) is 4.17. The van der Waals surface area contributed by atoms with Crippen molar-refractivity contribution in [2.24, 2.45) is 16.5 Å². The molecule has 13 nitrogen and oxygen atoms in total. The zero-order chi connectivity index (χ0) is 31.4. The molecule has 1 aromatic heterocycles. The third kappa shape index (κ3) is 22.8. The van der Waals surface area contributed by atoms with Gasteiger partial charge >= 0.3 is 36.3 Å². The molecule has 0 radical (unpaired) electrons. The molecule has 19 heteroatoms. The number of hydrogen-bond donors (Lipinski definition) is 7. The number of urea groups is 1. The first kappa shape index (κ1) is 37.8. The summed E-state index contributed by atoms with van der Waals surface area (Å²) in [6, 6.07) is 2.45. The summed E-state index contributed by atoms with van der Waals surface area (Å²) in [5.41, 5.74) is 11.1. The first-order chi connectivity index (χ1) is 18.4. The number of alkyl halides is 6. The van der Waals surface area contributed by atoms with E-state index >= 15 is 0 Å². The van der Waals surface area contributed by atoms with Gasteiger partial charge in [0.05, 0.1) is 12.5 Å². The van der Waals surface area contributed by atoms with Crippen LogP contribution in [0.2, 0.25) is 0 Å². The number of nitrogens with one attached hydrogen (secondary N) is 2. The number of rotatable bonds is 12. The van der Waals surface area contributed by atoms with Crippen LogP contribution in [0.5, 0.6) is 0 Å². The second-order valence-corrected chi connectivity index (χ2v) is 7.52. The highest BCUT2D eigenvalue weighted by Crippen LogP contribution is 2.15. The van der Waals surface area contributed by atoms with Crippen molar-refractivity contribution in [3.05, 3.63) is 30.1 Å². The number of aliphatic imine (C=N–C) groups is 1. The molecule has 0 aliphatic heterocycles. The molecule has 9 N–H and O–H groups in total. The number of aliphatic carboxylic acids is 3. The molecule has 40 heavy (non-hydrogen) atoms. The summed E-state index contributed by atoms with van der Waals surface area (Å²) in [5, 5.41) is 28.7. The molecule has 1 aromatic rings. The van der Waals surface area contributed by atoms with Gasteiger partial charge in [-0.25, -0.2) is 14.4 Å². The molecule has 0 saturated carbocycles. The summed E-state index contributed by atoms with van der Waals surface area (Å²) in [4.78, 5) is 48.6. The van der Waals surface area contributed by atoms with Crippen molar-refractivity contribution in [1.82, 2.24) is 15.6 Å². The van der Waals surface area contributed by atoms with Crippen LogP contribution in [-0.2, 0) is 14.4 Å². The molecule has 2 amide bonds. The average molecular weight is 592 g/mol. The lowest BCUT2D eigenvalue weighted by Gasteiger charge is -2.17. The highest BCUT2D eigenvalue weighted by molar-refractivity contribution is 5.76. The van der Waals surface area contributed by atoms with Crippen LogP contribution in [0.25, 0.3) is 0 Å². The molecular weight excluding hydrogens is 562 g/mol. The molecule has 1 rings (SSSR count). The first-order valence-corrected chi connectivity index (χ1v) is 11.2. The molecule has 0 aromatic carbocycles. The van der Waals surface area contributed by atoms with Crippen LogP contribution in [0, 0.1) is 0 Å². The number of carboxylic acids is 3. The smallest absolute Gasteiger partial charge is 0.481 e. The van der Waals surface area contributed by atoms with Gasteiger partial charge in [0.1, 0.15) is 0 Å². The number of halogens is 6. The monoisotopic (exact) mass is 592 g/mol. The van der Waals surface area contributed by atoms with Crippen LogP contribution in [0.15, 0.2) is 29.5 Å². The summed E-state index contributed by atoms with van der Waals surface area (Å²) < 4.78 is 63.5. The Morgan fingerprint density at radius 1 is 0.900 bits per heavy atom. The van der Waals surface area contributed by atoms with Gasteiger partial charge in [-0.15, -0.1) is 0 Å². The molecule has 0 aliphatic rings. The number of nitrogens with two attached hydrogens (primary N) is 2. The number of carboxylic acid groups (broad SMARTS) is 3. The van der Waals surface area contributed by atoms with Gasteiger partial charge < -0.3 is 37.4 Å². The van der Waals surface area contributed by atoms with Crippen LogP contribution in [0.3, 0.4) is 0 Å². The summed E-state index contributed by atoms with van der Waals surface area (Å²) in [6.45, 7) is 1.18. The number of aromatic nitrogens is 1. The second kappa shape index (κ2) is 19.7. The Hall–Kier alpha value is -4.32. The lowest BCUT2D eigenvalue weighted by atomic mass is 10.1. The van der Waals surface area contributed by atoms with Crippen LogP contribution < -0.4 is 22.1 Å². The molecule has 1 heterocycles. The number of guanidine groups is 1. The summed E-state index contributed by atoms with van der Waals surface area (Å²) in [7, 11) is 0. The first-order valence-electron chi connectivity index (χ1n) is 11.2. The molecule has 0 fully saturated rings. The van der Waals surface area contributed by atoms with E-state index in [4.69, 9.17) is 36.4 Å². The van der Waals surface area contributed by atoms with Crippen molar-refractivity contribution >= 4 is 29.9 Å². The molecule has 228 valence electrons. The Bertz CT molecular complexity index is 918. The number of carbonyl (C=O) groups is 4. The average Bonchev–Trinajstić information content (AvgIpc) is 2.82. The molecular formula is C21H30F6N6O7. The Kier molecular flexibility index (Phi) is 18.6. The molecule has 0 bridgehead atoms. The van der Waals surface area contributed by atoms with Crippen molar-refractivity contribution in [2.45, 2.75) is 56.9 Å². The predicted octanol–water partition coefficient (Wildman–Crippen LogP) is 2.39. The van der Waals surface area contributed by atoms with Gasteiger partial charge in [0.2, 0.25) is 0 Å². The summed E-state index contributed by atoms with van der Waals surface area (Å²) >= 11 is 0. The number of hydrogen-bond acceptors (Lipinski definition) is 6. The number of nitrogens with zero attached hydrogens (tertiary/aromatic N) is 2. The molecule has 0 saturated heterocycles. The largest absolute Gasteiger partial charge is 0.490 e. The van der Waals surface area contributed by atoms with Gasteiger partial charge in [-0.1, -0.05) is 25.3 Å². The van der Waals surface area contributed by atoms with E-state index in [1.54, 1.807) is 24.5 Å². The summed E-state index contributed by atoms with van der Waals surface area (Å²) in [6.07, 6.45) is -2.36. The SMILES string of the molecule is NC(N)=NCCCCCCCNC(=O)NC(CC(=O)O)c1cccnc1.O=C(O)C(F)(F)F.O=C(O)C(F)(F)F. The number of unbranched alkanes of at least 4 members (excludes halogenated alkanes) is 4. The minimum absolute atomic E-state index is 0.118. The van der Waals surface area contributed by atoms with Crippen molar-refractivity contribution in [1.29, 1.82) is 0 Å². The van der Waals surface area contributed by atoms with E-state index in [2.05, 4.69) is 20.6 Å².